The van der Waals surface area contributed by atoms with Gasteiger partial charge in [-0.2, -0.15) is 5.10 Å². The van der Waals surface area contributed by atoms with Gasteiger partial charge in [-0.05, 0) is 44.2 Å². The van der Waals surface area contributed by atoms with Crippen molar-refractivity contribution < 1.29 is 22.7 Å². The predicted octanol–water partition coefficient (Wildman–Crippen LogP) is 2.85. The fraction of sp³-hybridized carbons (Fsp3) is 0.250. The summed E-state index contributed by atoms with van der Waals surface area (Å²) in [6, 6.07) is 11.0. The number of hydrogen-bond acceptors (Lipinski definition) is 9. The van der Waals surface area contributed by atoms with E-state index in [1.165, 1.54) is 32.2 Å². The van der Waals surface area contributed by atoms with Crippen LogP contribution in [0.4, 0.5) is 27.4 Å². The highest BCUT2D eigenvalue weighted by atomic mass is 32.2. The zero-order chi connectivity index (χ0) is 26.8. The largest absolute Gasteiger partial charge is 0.387 e. The van der Waals surface area contributed by atoms with Crippen LogP contribution in [-0.4, -0.2) is 63.6 Å². The number of carbonyl (C=O) groups is 1. The van der Waals surface area contributed by atoms with E-state index >= 15 is 0 Å². The maximum absolute atomic E-state index is 14.2. The highest BCUT2D eigenvalue weighted by molar-refractivity contribution is 7.90. The van der Waals surface area contributed by atoms with Gasteiger partial charge in [-0.15, -0.1) is 0 Å². The third-order valence-electron chi connectivity index (χ3n) is 5.43. The van der Waals surface area contributed by atoms with Crippen LogP contribution in [0, 0.1) is 0 Å². The first-order valence-corrected chi connectivity index (χ1v) is 13.1. The van der Waals surface area contributed by atoms with Gasteiger partial charge in [-0.1, -0.05) is 0 Å². The minimum absolute atomic E-state index is 0.111. The molecule has 1 aromatic carbocycles. The van der Waals surface area contributed by atoms with E-state index in [4.69, 9.17) is 0 Å². The van der Waals surface area contributed by atoms with Gasteiger partial charge in [-0.3, -0.25) is 4.79 Å². The molecule has 37 heavy (non-hydrogen) atoms. The van der Waals surface area contributed by atoms with Crippen LogP contribution >= 0.6 is 0 Å². The van der Waals surface area contributed by atoms with Crippen molar-refractivity contribution in [2.45, 2.75) is 30.5 Å². The number of aromatic nitrogens is 4. The number of amides is 1. The molecule has 13 heteroatoms. The molecule has 4 rings (SSSR count). The van der Waals surface area contributed by atoms with Crippen LogP contribution < -0.4 is 16.0 Å². The van der Waals surface area contributed by atoms with E-state index in [9.17, 15) is 22.7 Å². The van der Waals surface area contributed by atoms with Crippen LogP contribution in [0.25, 0.3) is 5.65 Å². The minimum Gasteiger partial charge on any atom is -0.387 e. The van der Waals surface area contributed by atoms with Crippen LogP contribution in [0.15, 0.2) is 66.0 Å². The number of hydrogen-bond donors (Lipinski definition) is 4. The summed E-state index contributed by atoms with van der Waals surface area (Å²) in [5, 5.41) is 22.5. The van der Waals surface area contributed by atoms with E-state index in [2.05, 4.69) is 31.0 Å². The quantitative estimate of drug-likeness (QED) is 0.258. The van der Waals surface area contributed by atoms with Crippen molar-refractivity contribution in [3.63, 3.8) is 0 Å². The van der Waals surface area contributed by atoms with Crippen LogP contribution in [0.2, 0.25) is 0 Å². The number of nitrogens with zero attached hydrogens (tertiary/aromatic N) is 4. The van der Waals surface area contributed by atoms with Crippen molar-refractivity contribution in [2.24, 2.45) is 0 Å². The summed E-state index contributed by atoms with van der Waals surface area (Å²) < 4.78 is 39.3. The van der Waals surface area contributed by atoms with Gasteiger partial charge in [-0.25, -0.2) is 27.3 Å². The van der Waals surface area contributed by atoms with Crippen molar-refractivity contribution >= 4 is 44.4 Å². The molecule has 0 spiro atoms. The molecule has 194 valence electrons. The van der Waals surface area contributed by atoms with Gasteiger partial charge in [0.05, 0.1) is 34.5 Å². The molecule has 0 aliphatic heterocycles. The lowest BCUT2D eigenvalue weighted by atomic mass is 10.0. The molecule has 3 heterocycles. The van der Waals surface area contributed by atoms with Gasteiger partial charge in [0.25, 0.3) is 5.91 Å². The molecule has 1 atom stereocenters. The van der Waals surface area contributed by atoms with E-state index in [-0.39, 0.29) is 10.5 Å². The van der Waals surface area contributed by atoms with Crippen molar-refractivity contribution in [1.29, 1.82) is 0 Å². The zero-order valence-electron chi connectivity index (χ0n) is 20.3. The first kappa shape index (κ1) is 26.0. The maximum atomic E-state index is 14.2. The number of alkyl halides is 1. The summed E-state index contributed by atoms with van der Waals surface area (Å²) in [6.07, 6.45) is 4.09. The van der Waals surface area contributed by atoms with Gasteiger partial charge < -0.3 is 21.1 Å². The number of carbonyl (C=O) groups excluding carboxylic acids is 1. The highest BCUT2D eigenvalue weighted by Crippen LogP contribution is 2.26. The number of anilines is 4. The smallest absolute Gasteiger partial charge is 0.255 e. The monoisotopic (exact) mass is 527 g/mol. The topological polar surface area (TPSA) is 151 Å². The lowest BCUT2D eigenvalue weighted by Gasteiger charge is -2.22. The molecule has 0 fully saturated rings. The number of halogens is 1. The number of rotatable bonds is 9. The third kappa shape index (κ3) is 6.37. The highest BCUT2D eigenvalue weighted by Gasteiger charge is 2.27. The second-order valence-electron chi connectivity index (χ2n) is 8.94. The Hall–Kier alpha value is -4.10. The Morgan fingerprint density at radius 1 is 1.14 bits per heavy atom. The lowest BCUT2D eigenvalue weighted by Crippen LogP contribution is -2.42. The lowest BCUT2D eigenvalue weighted by molar-refractivity contribution is -0.00177. The zero-order valence-corrected chi connectivity index (χ0v) is 21.1. The molecule has 0 saturated carbocycles. The predicted molar refractivity (Wildman–Crippen MR) is 137 cm³/mol. The van der Waals surface area contributed by atoms with Crippen LogP contribution in [0.1, 0.15) is 24.2 Å². The van der Waals surface area contributed by atoms with Gasteiger partial charge in [0.2, 0.25) is 0 Å². The molecule has 0 bridgehead atoms. The first-order valence-electron chi connectivity index (χ1n) is 11.2. The Morgan fingerprint density at radius 2 is 1.86 bits per heavy atom. The molecule has 0 radical (unpaired) electrons. The Balaban J connectivity index is 1.62. The summed E-state index contributed by atoms with van der Waals surface area (Å²) in [4.78, 5) is 21.8. The SMILES string of the molecule is CC(C)(O)[C@H](F)CNC(=O)c1cnc(Nc2ccn3nccc3n2)cc1Nc1ccc(S(C)(=O)=O)cc1. The van der Waals surface area contributed by atoms with Gasteiger partial charge in [0.1, 0.15) is 17.8 Å². The van der Waals surface area contributed by atoms with E-state index in [1.54, 1.807) is 47.2 Å². The van der Waals surface area contributed by atoms with Crippen LogP contribution in [-0.2, 0) is 9.84 Å². The summed E-state index contributed by atoms with van der Waals surface area (Å²) in [5.41, 5.74) is -0.0491. The number of sulfone groups is 1. The van der Waals surface area contributed by atoms with E-state index in [0.717, 1.165) is 6.26 Å². The summed E-state index contributed by atoms with van der Waals surface area (Å²) in [7, 11) is -3.38. The molecule has 1 amide bonds. The van der Waals surface area contributed by atoms with Gasteiger partial charge in [0, 0.05) is 36.5 Å². The van der Waals surface area contributed by atoms with Gasteiger partial charge in [0.15, 0.2) is 15.5 Å². The van der Waals surface area contributed by atoms with E-state index in [1.807, 2.05) is 0 Å². The molecule has 3 aromatic heterocycles. The summed E-state index contributed by atoms with van der Waals surface area (Å²) in [5.74, 6) is 0.245. The molecule has 11 nitrogen and oxygen atoms in total. The molecule has 0 aliphatic carbocycles. The number of pyridine rings is 1. The Kier molecular flexibility index (Phi) is 7.09. The van der Waals surface area contributed by atoms with Crippen molar-refractivity contribution in [3.8, 4) is 0 Å². The molecule has 0 unspecified atom stereocenters. The second-order valence-corrected chi connectivity index (χ2v) is 11.0. The fourth-order valence-electron chi connectivity index (χ4n) is 3.29. The first-order chi connectivity index (χ1) is 17.4. The van der Waals surface area contributed by atoms with Crippen molar-refractivity contribution in [3.05, 3.63) is 66.6 Å². The molecular weight excluding hydrogens is 501 g/mol. The molecule has 0 saturated heterocycles. The Labute approximate surface area is 212 Å². The van der Waals surface area contributed by atoms with E-state index < -0.39 is 34.1 Å². The van der Waals surface area contributed by atoms with Gasteiger partial charge >= 0.3 is 0 Å². The minimum atomic E-state index is -3.38. The molecule has 0 aliphatic rings. The number of benzene rings is 1. The number of aliphatic hydroxyl groups is 1. The van der Waals surface area contributed by atoms with Crippen molar-refractivity contribution in [2.75, 3.05) is 23.4 Å². The summed E-state index contributed by atoms with van der Waals surface area (Å²) >= 11 is 0. The standard InChI is InChI=1S/C24H26FN7O4S/c1-24(2,34)19(25)14-27-23(33)17-13-26-21(30-20-9-11-32-22(31-20)8-10-28-32)12-18(17)29-15-4-6-16(7-5-15)37(3,35)36/h4-13,19,34H,14H2,1-3H3,(H,27,33)(H2,26,29,30,31)/t19-/m1/s1. The normalized spacial score (nSPS) is 12.8. The Bertz CT molecular complexity index is 1530. The van der Waals surface area contributed by atoms with Crippen LogP contribution in [0.3, 0.4) is 0 Å². The fourth-order valence-corrected chi connectivity index (χ4v) is 3.92. The second kappa shape index (κ2) is 10.1. The average Bonchev–Trinajstić information content (AvgIpc) is 3.29. The summed E-state index contributed by atoms with van der Waals surface area (Å²) in [6.45, 7) is 2.23. The van der Waals surface area contributed by atoms with E-state index in [0.29, 0.717) is 28.7 Å². The molecular formula is C24H26FN7O4S. The maximum Gasteiger partial charge on any atom is 0.255 e. The third-order valence-corrected chi connectivity index (χ3v) is 6.56. The van der Waals surface area contributed by atoms with Crippen molar-refractivity contribution in [1.82, 2.24) is 24.9 Å². The molecule has 4 aromatic rings. The molecule has 4 N–H and O–H groups in total. The van der Waals surface area contributed by atoms with Crippen LogP contribution in [0.5, 0.6) is 0 Å². The Morgan fingerprint density at radius 3 is 2.54 bits per heavy atom. The number of nitrogens with one attached hydrogen (secondary N) is 3. The average molecular weight is 528 g/mol. The number of fused-ring (bicyclic) bond motifs is 1.